The van der Waals surface area contributed by atoms with E-state index in [4.69, 9.17) is 23.2 Å². The molecule has 0 heterocycles. The van der Waals surface area contributed by atoms with Gasteiger partial charge < -0.3 is 10.2 Å². The third-order valence-corrected chi connectivity index (χ3v) is 8.40. The van der Waals surface area contributed by atoms with E-state index >= 15 is 0 Å². The predicted octanol–water partition coefficient (Wildman–Crippen LogP) is 7.78. The van der Waals surface area contributed by atoms with Gasteiger partial charge in [-0.2, -0.15) is 0 Å². The van der Waals surface area contributed by atoms with Gasteiger partial charge in [0.2, 0.25) is 11.8 Å². The largest absolute Gasteiger partial charge is 0.352 e. The molecule has 6 heteroatoms. The highest BCUT2D eigenvalue weighted by molar-refractivity contribution is 6.35. The molecule has 1 atom stereocenters. The fourth-order valence-electron chi connectivity index (χ4n) is 5.65. The van der Waals surface area contributed by atoms with Gasteiger partial charge in [0.05, 0.1) is 0 Å². The quantitative estimate of drug-likeness (QED) is 0.211. The van der Waals surface area contributed by atoms with Crippen molar-refractivity contribution >= 4 is 45.8 Å². The highest BCUT2D eigenvalue weighted by Crippen LogP contribution is 2.26. The van der Waals surface area contributed by atoms with Gasteiger partial charge in [0.15, 0.2) is 0 Å². The second kappa shape index (κ2) is 13.3. The van der Waals surface area contributed by atoms with Crippen molar-refractivity contribution in [1.82, 2.24) is 10.2 Å². The van der Waals surface area contributed by atoms with Crippen LogP contribution in [0.3, 0.4) is 0 Å². The van der Waals surface area contributed by atoms with E-state index < -0.39 is 6.04 Å². The number of benzene rings is 4. The first kappa shape index (κ1) is 28.2. The number of amides is 2. The van der Waals surface area contributed by atoms with Crippen molar-refractivity contribution in [1.29, 1.82) is 0 Å². The van der Waals surface area contributed by atoms with E-state index in [1.54, 1.807) is 17.0 Å². The maximum absolute atomic E-state index is 14.1. The summed E-state index contributed by atoms with van der Waals surface area (Å²) in [6, 6.07) is 29.1. The molecule has 2 amide bonds. The zero-order chi connectivity index (χ0) is 27.9. The van der Waals surface area contributed by atoms with Crippen LogP contribution in [0.25, 0.3) is 10.8 Å². The van der Waals surface area contributed by atoms with Crippen LogP contribution in [0.2, 0.25) is 10.0 Å². The first-order valence-corrected chi connectivity index (χ1v) is 14.8. The molecule has 0 radical (unpaired) electrons. The second-order valence-electron chi connectivity index (χ2n) is 10.6. The number of fused-ring (bicyclic) bond motifs is 1. The molecule has 1 fully saturated rings. The number of nitrogens with one attached hydrogen (secondary N) is 1. The van der Waals surface area contributed by atoms with E-state index in [9.17, 15) is 9.59 Å². The van der Waals surface area contributed by atoms with Crippen molar-refractivity contribution < 1.29 is 9.59 Å². The molecule has 0 bridgehead atoms. The molecule has 0 unspecified atom stereocenters. The van der Waals surface area contributed by atoms with Crippen molar-refractivity contribution in [3.05, 3.63) is 118 Å². The number of hydrogen-bond donors (Lipinski definition) is 1. The summed E-state index contributed by atoms with van der Waals surface area (Å²) in [6.45, 7) is 0.222. The average molecular weight is 574 g/mol. The van der Waals surface area contributed by atoms with Crippen molar-refractivity contribution in [2.24, 2.45) is 0 Å². The minimum Gasteiger partial charge on any atom is -0.352 e. The van der Waals surface area contributed by atoms with Gasteiger partial charge in [-0.05, 0) is 58.9 Å². The lowest BCUT2D eigenvalue weighted by Crippen LogP contribution is -2.52. The molecule has 40 heavy (non-hydrogen) atoms. The van der Waals surface area contributed by atoms with Gasteiger partial charge >= 0.3 is 0 Å². The number of halogens is 2. The molecule has 1 N–H and O–H groups in total. The van der Waals surface area contributed by atoms with E-state index in [-0.39, 0.29) is 30.8 Å². The van der Waals surface area contributed by atoms with Crippen LogP contribution in [0.5, 0.6) is 0 Å². The molecule has 4 aromatic carbocycles. The van der Waals surface area contributed by atoms with Gasteiger partial charge in [-0.25, -0.2) is 0 Å². The monoisotopic (exact) mass is 572 g/mol. The number of carbonyl (C=O) groups is 2. The molecule has 0 aliphatic heterocycles. The Morgan fingerprint density at radius 1 is 0.850 bits per heavy atom. The maximum Gasteiger partial charge on any atom is 0.243 e. The van der Waals surface area contributed by atoms with Crippen LogP contribution in [0.15, 0.2) is 91.0 Å². The van der Waals surface area contributed by atoms with Gasteiger partial charge in [0.1, 0.15) is 6.04 Å². The Kier molecular flexibility index (Phi) is 9.41. The smallest absolute Gasteiger partial charge is 0.243 e. The minimum absolute atomic E-state index is 0.0820. The van der Waals surface area contributed by atoms with Crippen molar-refractivity contribution in [2.75, 3.05) is 0 Å². The van der Waals surface area contributed by atoms with E-state index in [0.29, 0.717) is 22.9 Å². The Morgan fingerprint density at radius 3 is 2.35 bits per heavy atom. The summed E-state index contributed by atoms with van der Waals surface area (Å²) in [4.78, 5) is 29.7. The molecule has 5 rings (SSSR count). The Hall–Kier alpha value is -3.34. The number of nitrogens with zero attached hydrogens (tertiary/aromatic N) is 1. The average Bonchev–Trinajstić information content (AvgIpc) is 3.48. The second-order valence-corrected chi connectivity index (χ2v) is 11.4. The van der Waals surface area contributed by atoms with E-state index in [2.05, 4.69) is 29.6 Å². The molecule has 4 nitrogen and oxygen atoms in total. The number of carbonyl (C=O) groups excluding carboxylic acids is 2. The SMILES string of the molecule is O=C(NC1CCCC1)[C@@H](Cc1ccccc1)N(Cc1ccc(Cl)cc1Cl)C(=O)CCc1cccc2ccccc12. The Labute approximate surface area is 246 Å². The van der Waals surface area contributed by atoms with E-state index in [1.807, 2.05) is 54.6 Å². The summed E-state index contributed by atoms with van der Waals surface area (Å²) in [5, 5.41) is 6.56. The standard InChI is InChI=1S/C34H34Cl2N2O2/c35-28-19-17-27(31(36)22-28)23-38(33(39)20-18-26-13-8-12-25-11-4-7-16-30(25)26)32(21-24-9-2-1-3-10-24)34(40)37-29-14-5-6-15-29/h1-4,7-13,16-17,19,22,29,32H,5-6,14-15,18,20-21,23H2,(H,37,40)/t32-/m1/s1. The summed E-state index contributed by atoms with van der Waals surface area (Å²) in [5.41, 5.74) is 2.88. The lowest BCUT2D eigenvalue weighted by molar-refractivity contribution is -0.141. The lowest BCUT2D eigenvalue weighted by atomic mass is 9.99. The number of aryl methyl sites for hydroxylation is 1. The molecule has 4 aromatic rings. The van der Waals surface area contributed by atoms with Crippen LogP contribution in [0, 0.1) is 0 Å². The van der Waals surface area contributed by atoms with Crippen LogP contribution in [-0.2, 0) is 29.0 Å². The molecular weight excluding hydrogens is 539 g/mol. The topological polar surface area (TPSA) is 49.4 Å². The summed E-state index contributed by atoms with van der Waals surface area (Å²) in [7, 11) is 0. The Balaban J connectivity index is 1.46. The fourth-order valence-corrected chi connectivity index (χ4v) is 6.12. The Morgan fingerprint density at radius 2 is 1.57 bits per heavy atom. The van der Waals surface area contributed by atoms with Crippen LogP contribution >= 0.6 is 23.2 Å². The molecule has 0 saturated heterocycles. The zero-order valence-corrected chi connectivity index (χ0v) is 24.0. The highest BCUT2D eigenvalue weighted by Gasteiger charge is 2.32. The zero-order valence-electron chi connectivity index (χ0n) is 22.5. The normalized spacial score (nSPS) is 14.2. The first-order chi connectivity index (χ1) is 19.5. The summed E-state index contributed by atoms with van der Waals surface area (Å²) in [5.74, 6) is -0.194. The van der Waals surface area contributed by atoms with Gasteiger partial charge in [-0.1, -0.05) is 115 Å². The van der Waals surface area contributed by atoms with Gasteiger partial charge in [0, 0.05) is 35.5 Å². The van der Waals surface area contributed by atoms with Crippen molar-refractivity contribution in [3.63, 3.8) is 0 Å². The van der Waals surface area contributed by atoms with Crippen LogP contribution in [0.1, 0.15) is 48.8 Å². The number of hydrogen-bond acceptors (Lipinski definition) is 2. The van der Waals surface area contributed by atoms with Gasteiger partial charge in [-0.3, -0.25) is 9.59 Å². The lowest BCUT2D eigenvalue weighted by Gasteiger charge is -2.33. The highest BCUT2D eigenvalue weighted by atomic mass is 35.5. The molecule has 1 aliphatic carbocycles. The van der Waals surface area contributed by atoms with Gasteiger partial charge in [-0.15, -0.1) is 0 Å². The van der Waals surface area contributed by atoms with E-state index in [0.717, 1.165) is 53.1 Å². The molecule has 206 valence electrons. The third kappa shape index (κ3) is 7.04. The first-order valence-electron chi connectivity index (χ1n) is 14.0. The third-order valence-electron chi connectivity index (χ3n) is 7.82. The van der Waals surface area contributed by atoms with Gasteiger partial charge in [0.25, 0.3) is 0 Å². The van der Waals surface area contributed by atoms with Crippen molar-refractivity contribution in [2.45, 2.75) is 63.6 Å². The van der Waals surface area contributed by atoms with Crippen LogP contribution in [0.4, 0.5) is 0 Å². The summed E-state index contributed by atoms with van der Waals surface area (Å²) in [6.07, 6.45) is 5.45. The Bertz CT molecular complexity index is 1460. The summed E-state index contributed by atoms with van der Waals surface area (Å²) >= 11 is 12.7. The predicted molar refractivity (Wildman–Crippen MR) is 164 cm³/mol. The van der Waals surface area contributed by atoms with E-state index in [1.165, 1.54) is 0 Å². The minimum atomic E-state index is -0.672. The molecule has 0 aromatic heterocycles. The fraction of sp³-hybridized carbons (Fsp3) is 0.294. The molecule has 1 aliphatic rings. The van der Waals surface area contributed by atoms with Crippen LogP contribution in [-0.4, -0.2) is 28.8 Å². The van der Waals surface area contributed by atoms with Crippen molar-refractivity contribution in [3.8, 4) is 0 Å². The van der Waals surface area contributed by atoms with Crippen LogP contribution < -0.4 is 5.32 Å². The number of rotatable bonds is 10. The maximum atomic E-state index is 14.1. The molecule has 0 spiro atoms. The molecular formula is C34H34Cl2N2O2. The molecule has 1 saturated carbocycles. The summed E-state index contributed by atoms with van der Waals surface area (Å²) < 4.78 is 0.